The van der Waals surface area contributed by atoms with Crippen LogP contribution in [0, 0.1) is 0 Å². The van der Waals surface area contributed by atoms with Crippen molar-refractivity contribution in [1.29, 1.82) is 0 Å². The summed E-state index contributed by atoms with van der Waals surface area (Å²) in [4.78, 5) is 26.0. The first-order valence-electron chi connectivity index (χ1n) is 8.28. The van der Waals surface area contributed by atoms with E-state index in [1.165, 1.54) is 17.0 Å². The highest BCUT2D eigenvalue weighted by molar-refractivity contribution is 7.91. The van der Waals surface area contributed by atoms with Crippen LogP contribution >= 0.6 is 34.5 Å². The van der Waals surface area contributed by atoms with Crippen molar-refractivity contribution in [2.75, 3.05) is 25.0 Å². The second kappa shape index (κ2) is 10.2. The highest BCUT2D eigenvalue weighted by Gasteiger charge is 2.21. The van der Waals surface area contributed by atoms with E-state index in [0.717, 1.165) is 11.3 Å². The maximum Gasteiger partial charge on any atom is 0.250 e. The van der Waals surface area contributed by atoms with Crippen molar-refractivity contribution in [3.8, 4) is 0 Å². The van der Waals surface area contributed by atoms with Crippen molar-refractivity contribution in [3.05, 3.63) is 45.8 Å². The van der Waals surface area contributed by atoms with Crippen LogP contribution in [0.5, 0.6) is 0 Å². The molecule has 2 rings (SSSR count). The molecule has 7 nitrogen and oxygen atoms in total. The second-order valence-corrected chi connectivity index (χ2v) is 9.53. The van der Waals surface area contributed by atoms with Gasteiger partial charge >= 0.3 is 0 Å². The molecule has 1 aromatic carbocycles. The van der Waals surface area contributed by atoms with E-state index < -0.39 is 28.4 Å². The standard InChI is InChI=1S/C17H19Cl2N3O4S2/c1-2-7-22(11-15(23)21-14-9-12(18)5-6-13(14)19)16(24)10-20-28(25,26)17-4-3-8-27-17/h3-6,8-9,20H,2,7,10-11H2,1H3,(H,21,23). The zero-order valence-electron chi connectivity index (χ0n) is 14.9. The lowest BCUT2D eigenvalue weighted by molar-refractivity contribution is -0.133. The monoisotopic (exact) mass is 463 g/mol. The third kappa shape index (κ3) is 6.46. The van der Waals surface area contributed by atoms with Crippen LogP contribution in [0.3, 0.4) is 0 Å². The van der Waals surface area contributed by atoms with Gasteiger partial charge in [0.05, 0.1) is 23.8 Å². The fraction of sp³-hybridized carbons (Fsp3) is 0.294. The highest BCUT2D eigenvalue weighted by Crippen LogP contribution is 2.25. The first kappa shape index (κ1) is 22.6. The molecule has 0 fully saturated rings. The van der Waals surface area contributed by atoms with Gasteiger partial charge in [-0.15, -0.1) is 11.3 Å². The van der Waals surface area contributed by atoms with Gasteiger partial charge in [-0.05, 0) is 36.1 Å². The van der Waals surface area contributed by atoms with Gasteiger partial charge in [-0.1, -0.05) is 36.2 Å². The van der Waals surface area contributed by atoms with E-state index in [-0.39, 0.29) is 10.8 Å². The molecule has 1 aromatic heterocycles. The Hall–Kier alpha value is -1.65. The number of thiophene rings is 1. The van der Waals surface area contributed by atoms with Crippen molar-refractivity contribution in [2.24, 2.45) is 0 Å². The topological polar surface area (TPSA) is 95.6 Å². The van der Waals surface area contributed by atoms with Gasteiger partial charge in [-0.25, -0.2) is 13.1 Å². The fourth-order valence-corrected chi connectivity index (χ4v) is 4.62. The molecular weight excluding hydrogens is 445 g/mol. The number of hydrogen-bond donors (Lipinski definition) is 2. The van der Waals surface area contributed by atoms with Gasteiger partial charge in [-0.2, -0.15) is 0 Å². The SMILES string of the molecule is CCCN(CC(=O)Nc1cc(Cl)ccc1Cl)C(=O)CNS(=O)(=O)c1cccs1. The lowest BCUT2D eigenvalue weighted by Gasteiger charge is -2.22. The minimum absolute atomic E-state index is 0.121. The quantitative estimate of drug-likeness (QED) is 0.596. The lowest BCUT2D eigenvalue weighted by Crippen LogP contribution is -2.44. The zero-order valence-corrected chi connectivity index (χ0v) is 18.1. The third-order valence-corrected chi connectivity index (χ3v) is 6.92. The van der Waals surface area contributed by atoms with Crippen LogP contribution in [-0.4, -0.2) is 44.8 Å². The summed E-state index contributed by atoms with van der Waals surface area (Å²) in [7, 11) is -3.76. The van der Waals surface area contributed by atoms with Crippen molar-refractivity contribution < 1.29 is 18.0 Å². The average molecular weight is 464 g/mol. The van der Waals surface area contributed by atoms with Gasteiger partial charge in [0.15, 0.2) is 0 Å². The van der Waals surface area contributed by atoms with Gasteiger partial charge in [0, 0.05) is 11.6 Å². The summed E-state index contributed by atoms with van der Waals surface area (Å²) in [5.74, 6) is -0.971. The number of carbonyl (C=O) groups excluding carboxylic acids is 2. The number of sulfonamides is 1. The molecular formula is C17H19Cl2N3O4S2. The molecule has 28 heavy (non-hydrogen) atoms. The molecule has 0 saturated heterocycles. The van der Waals surface area contributed by atoms with Gasteiger partial charge < -0.3 is 10.2 Å². The van der Waals surface area contributed by atoms with Crippen LogP contribution in [0.1, 0.15) is 13.3 Å². The van der Waals surface area contributed by atoms with Crippen molar-refractivity contribution in [2.45, 2.75) is 17.6 Å². The second-order valence-electron chi connectivity index (χ2n) is 5.74. The summed E-state index contributed by atoms with van der Waals surface area (Å²) in [6, 6.07) is 7.70. The Kier molecular flexibility index (Phi) is 8.26. The number of halogens is 2. The van der Waals surface area contributed by atoms with E-state index in [2.05, 4.69) is 10.0 Å². The van der Waals surface area contributed by atoms with Crippen molar-refractivity contribution in [1.82, 2.24) is 9.62 Å². The number of rotatable bonds is 9. The Bertz CT molecular complexity index is 934. The van der Waals surface area contributed by atoms with E-state index in [1.807, 2.05) is 6.92 Å². The Morgan fingerprint density at radius 1 is 1.21 bits per heavy atom. The summed E-state index contributed by atoms with van der Waals surface area (Å²) >= 11 is 13.0. The van der Waals surface area contributed by atoms with Crippen LogP contribution in [0.2, 0.25) is 10.0 Å². The van der Waals surface area contributed by atoms with Crippen molar-refractivity contribution in [3.63, 3.8) is 0 Å². The van der Waals surface area contributed by atoms with E-state index in [9.17, 15) is 18.0 Å². The summed E-state index contributed by atoms with van der Waals surface area (Å²) in [5.41, 5.74) is 0.335. The molecule has 0 aliphatic carbocycles. The molecule has 0 spiro atoms. The van der Waals surface area contributed by atoms with Gasteiger partial charge in [-0.3, -0.25) is 9.59 Å². The van der Waals surface area contributed by atoms with Crippen LogP contribution in [-0.2, 0) is 19.6 Å². The molecule has 0 saturated carbocycles. The Balaban J connectivity index is 1.98. The minimum Gasteiger partial charge on any atom is -0.332 e. The lowest BCUT2D eigenvalue weighted by atomic mass is 10.3. The Labute approximate surface area is 177 Å². The van der Waals surface area contributed by atoms with E-state index in [1.54, 1.807) is 23.6 Å². The normalized spacial score (nSPS) is 11.2. The molecule has 2 amide bonds. The van der Waals surface area contributed by atoms with Gasteiger partial charge in [0.2, 0.25) is 11.8 Å². The number of benzene rings is 1. The summed E-state index contributed by atoms with van der Waals surface area (Å²) in [6.07, 6.45) is 0.606. The van der Waals surface area contributed by atoms with Gasteiger partial charge in [0.1, 0.15) is 4.21 Å². The molecule has 0 bridgehead atoms. The highest BCUT2D eigenvalue weighted by atomic mass is 35.5. The molecule has 0 radical (unpaired) electrons. The Morgan fingerprint density at radius 3 is 2.61 bits per heavy atom. The minimum atomic E-state index is -3.76. The third-order valence-electron chi connectivity index (χ3n) is 3.56. The van der Waals surface area contributed by atoms with Crippen LogP contribution in [0.25, 0.3) is 0 Å². The summed E-state index contributed by atoms with van der Waals surface area (Å²) in [5, 5.41) is 4.95. The summed E-state index contributed by atoms with van der Waals surface area (Å²) < 4.78 is 26.6. The number of anilines is 1. The first-order valence-corrected chi connectivity index (χ1v) is 11.4. The smallest absolute Gasteiger partial charge is 0.250 e. The number of carbonyl (C=O) groups is 2. The molecule has 152 valence electrons. The van der Waals surface area contributed by atoms with Crippen LogP contribution in [0.15, 0.2) is 39.9 Å². The number of hydrogen-bond acceptors (Lipinski definition) is 5. The summed E-state index contributed by atoms with van der Waals surface area (Å²) in [6.45, 7) is 1.47. The average Bonchev–Trinajstić information content (AvgIpc) is 3.18. The van der Waals surface area contributed by atoms with E-state index in [0.29, 0.717) is 28.7 Å². The maximum absolute atomic E-state index is 12.4. The molecule has 2 N–H and O–H groups in total. The zero-order chi connectivity index (χ0) is 20.7. The number of nitrogens with zero attached hydrogens (tertiary/aromatic N) is 1. The Morgan fingerprint density at radius 2 is 1.96 bits per heavy atom. The van der Waals surface area contributed by atoms with Crippen LogP contribution in [0.4, 0.5) is 5.69 Å². The fourth-order valence-electron chi connectivity index (χ4n) is 2.27. The molecule has 11 heteroatoms. The van der Waals surface area contributed by atoms with E-state index in [4.69, 9.17) is 23.2 Å². The number of amides is 2. The van der Waals surface area contributed by atoms with Crippen LogP contribution < -0.4 is 10.0 Å². The number of nitrogens with one attached hydrogen (secondary N) is 2. The maximum atomic E-state index is 12.4. The first-order chi connectivity index (χ1) is 13.2. The predicted molar refractivity (Wildman–Crippen MR) is 111 cm³/mol. The molecule has 0 aliphatic rings. The molecule has 0 atom stereocenters. The largest absolute Gasteiger partial charge is 0.332 e. The molecule has 2 aromatic rings. The van der Waals surface area contributed by atoms with E-state index >= 15 is 0 Å². The molecule has 1 heterocycles. The molecule has 0 aliphatic heterocycles. The van der Waals surface area contributed by atoms with Crippen molar-refractivity contribution >= 4 is 62.1 Å². The van der Waals surface area contributed by atoms with Gasteiger partial charge in [0.25, 0.3) is 10.0 Å². The molecule has 0 unspecified atom stereocenters. The predicted octanol–water partition coefficient (Wildman–Crippen LogP) is 3.21.